The summed E-state index contributed by atoms with van der Waals surface area (Å²) in [7, 11) is 3.86. The van der Waals surface area contributed by atoms with Crippen molar-refractivity contribution in [1.29, 1.82) is 0 Å². The van der Waals surface area contributed by atoms with Gasteiger partial charge in [0.25, 0.3) is 5.91 Å². The SMILES string of the molecule is Cc1ccc(Nc2cc(Nc3cccc(NC(=O)c4ccc(NC(=O)C=CCN(C)C)cc4)c3)ncn2)cc1. The Hall–Kier alpha value is -5.02. The zero-order chi connectivity index (χ0) is 27.6. The number of anilines is 6. The molecular weight excluding hydrogens is 490 g/mol. The lowest BCUT2D eigenvalue weighted by molar-refractivity contribution is -0.111. The quantitative estimate of drug-likeness (QED) is 0.202. The maximum atomic E-state index is 12.8. The second-order valence-corrected chi connectivity index (χ2v) is 9.17. The van der Waals surface area contributed by atoms with Crippen molar-refractivity contribution in [2.75, 3.05) is 41.9 Å². The highest BCUT2D eigenvalue weighted by Crippen LogP contribution is 2.22. The van der Waals surface area contributed by atoms with Crippen LogP contribution in [0.15, 0.2) is 97.3 Å². The summed E-state index contributed by atoms with van der Waals surface area (Å²) in [6.45, 7) is 2.71. The molecule has 0 aliphatic heterocycles. The smallest absolute Gasteiger partial charge is 0.255 e. The van der Waals surface area contributed by atoms with Crippen LogP contribution in [0.2, 0.25) is 0 Å². The average Bonchev–Trinajstić information content (AvgIpc) is 2.90. The van der Waals surface area contributed by atoms with E-state index in [2.05, 4.69) is 31.2 Å². The maximum absolute atomic E-state index is 12.8. The molecular formula is C30H31N7O2. The number of aryl methyl sites for hydroxylation is 1. The van der Waals surface area contributed by atoms with Gasteiger partial charge in [0.1, 0.15) is 18.0 Å². The largest absolute Gasteiger partial charge is 0.340 e. The van der Waals surface area contributed by atoms with Crippen LogP contribution >= 0.6 is 0 Å². The lowest BCUT2D eigenvalue weighted by Gasteiger charge is -2.11. The van der Waals surface area contributed by atoms with Gasteiger partial charge in [-0.2, -0.15) is 0 Å². The Morgan fingerprint density at radius 3 is 2.10 bits per heavy atom. The number of hydrogen-bond acceptors (Lipinski definition) is 7. The van der Waals surface area contributed by atoms with Crippen molar-refractivity contribution < 1.29 is 9.59 Å². The number of carbonyl (C=O) groups is 2. The average molecular weight is 522 g/mol. The van der Waals surface area contributed by atoms with Gasteiger partial charge in [-0.15, -0.1) is 0 Å². The van der Waals surface area contributed by atoms with Gasteiger partial charge in [-0.3, -0.25) is 9.59 Å². The molecule has 0 fully saturated rings. The molecule has 39 heavy (non-hydrogen) atoms. The summed E-state index contributed by atoms with van der Waals surface area (Å²) in [6, 6.07) is 23.9. The van der Waals surface area contributed by atoms with E-state index in [-0.39, 0.29) is 11.8 Å². The van der Waals surface area contributed by atoms with Crippen molar-refractivity contribution in [2.24, 2.45) is 0 Å². The number of rotatable bonds is 10. The summed E-state index contributed by atoms with van der Waals surface area (Å²) >= 11 is 0. The molecule has 2 amide bonds. The van der Waals surface area contributed by atoms with Crippen LogP contribution < -0.4 is 21.3 Å². The first-order valence-electron chi connectivity index (χ1n) is 12.4. The fourth-order valence-corrected chi connectivity index (χ4v) is 3.56. The van der Waals surface area contributed by atoms with Crippen molar-refractivity contribution in [1.82, 2.24) is 14.9 Å². The minimum Gasteiger partial charge on any atom is -0.340 e. The molecule has 0 atom stereocenters. The molecule has 4 aromatic rings. The van der Waals surface area contributed by atoms with Crippen molar-refractivity contribution in [2.45, 2.75) is 6.92 Å². The van der Waals surface area contributed by atoms with Crippen molar-refractivity contribution in [3.8, 4) is 0 Å². The van der Waals surface area contributed by atoms with Crippen LogP contribution in [-0.4, -0.2) is 47.3 Å². The molecule has 9 heteroatoms. The molecule has 0 aliphatic rings. The van der Waals surface area contributed by atoms with Crippen molar-refractivity contribution in [3.63, 3.8) is 0 Å². The molecule has 0 spiro atoms. The lowest BCUT2D eigenvalue weighted by atomic mass is 10.2. The van der Waals surface area contributed by atoms with Crippen LogP contribution in [0.1, 0.15) is 15.9 Å². The standard InChI is InChI=1S/C30H31N7O2/c1-21-9-13-23(14-10-21)33-27-19-28(32-20-31-27)34-25-6-4-7-26(18-25)36-30(39)22-11-15-24(16-12-22)35-29(38)8-5-17-37(2)3/h4-16,18-20H,17H2,1-3H3,(H,35,38)(H,36,39)(H2,31,32,33,34). The number of hydrogen-bond donors (Lipinski definition) is 4. The van der Waals surface area contributed by atoms with Crippen LogP contribution in [-0.2, 0) is 4.79 Å². The van der Waals surface area contributed by atoms with E-state index < -0.39 is 0 Å². The fourth-order valence-electron chi connectivity index (χ4n) is 3.56. The zero-order valence-electron chi connectivity index (χ0n) is 22.1. The maximum Gasteiger partial charge on any atom is 0.255 e. The molecule has 9 nitrogen and oxygen atoms in total. The summed E-state index contributed by atoms with van der Waals surface area (Å²) in [5.74, 6) is 0.782. The summed E-state index contributed by atoms with van der Waals surface area (Å²) in [6.07, 6.45) is 4.76. The predicted molar refractivity (Wildman–Crippen MR) is 157 cm³/mol. The molecule has 1 aromatic heterocycles. The second kappa shape index (κ2) is 13.0. The normalized spacial score (nSPS) is 10.9. The van der Waals surface area contributed by atoms with Gasteiger partial charge in [-0.1, -0.05) is 29.8 Å². The Morgan fingerprint density at radius 2 is 1.41 bits per heavy atom. The molecule has 198 valence electrons. The van der Waals surface area contributed by atoms with Gasteiger partial charge in [0.2, 0.25) is 5.91 Å². The van der Waals surface area contributed by atoms with Crippen molar-refractivity contribution in [3.05, 3.63) is 108 Å². The Bertz CT molecular complexity index is 1450. The van der Waals surface area contributed by atoms with Gasteiger partial charge in [0, 0.05) is 47.0 Å². The van der Waals surface area contributed by atoms with Gasteiger partial charge >= 0.3 is 0 Å². The first kappa shape index (κ1) is 27.0. The summed E-state index contributed by atoms with van der Waals surface area (Å²) in [5, 5.41) is 12.2. The Balaban J connectivity index is 1.34. The Morgan fingerprint density at radius 1 is 0.769 bits per heavy atom. The number of carbonyl (C=O) groups excluding carboxylic acids is 2. The fraction of sp³-hybridized carbons (Fsp3) is 0.133. The molecule has 4 rings (SSSR count). The van der Waals surface area contributed by atoms with Crippen LogP contribution in [0.25, 0.3) is 0 Å². The number of nitrogens with one attached hydrogen (secondary N) is 4. The summed E-state index contributed by atoms with van der Waals surface area (Å²) in [5.41, 5.74) is 4.58. The topological polar surface area (TPSA) is 111 Å². The minimum atomic E-state index is -0.262. The van der Waals surface area contributed by atoms with E-state index in [1.54, 1.807) is 30.3 Å². The third kappa shape index (κ3) is 8.51. The molecule has 0 saturated carbocycles. The number of aromatic nitrogens is 2. The second-order valence-electron chi connectivity index (χ2n) is 9.17. The first-order chi connectivity index (χ1) is 18.8. The van der Waals surface area contributed by atoms with E-state index in [4.69, 9.17) is 0 Å². The highest BCUT2D eigenvalue weighted by Gasteiger charge is 2.08. The van der Waals surface area contributed by atoms with Gasteiger partial charge in [-0.05, 0) is 75.6 Å². The van der Waals surface area contributed by atoms with Gasteiger partial charge in [0.05, 0.1) is 0 Å². The first-order valence-corrected chi connectivity index (χ1v) is 12.4. The van der Waals surface area contributed by atoms with Gasteiger partial charge in [0.15, 0.2) is 0 Å². The van der Waals surface area contributed by atoms with E-state index in [0.717, 1.165) is 11.4 Å². The zero-order valence-corrected chi connectivity index (χ0v) is 22.1. The van der Waals surface area contributed by atoms with E-state index in [1.165, 1.54) is 18.0 Å². The van der Waals surface area contributed by atoms with Crippen LogP contribution in [0.3, 0.4) is 0 Å². The van der Waals surface area contributed by atoms with E-state index in [1.807, 2.05) is 80.5 Å². The molecule has 0 unspecified atom stereocenters. The van der Waals surface area contributed by atoms with Gasteiger partial charge < -0.3 is 26.2 Å². The molecule has 0 saturated heterocycles. The number of likely N-dealkylation sites (N-methyl/N-ethyl adjacent to an activating group) is 1. The molecule has 4 N–H and O–H groups in total. The Kier molecular flexibility index (Phi) is 8.99. The van der Waals surface area contributed by atoms with Crippen LogP contribution in [0.4, 0.5) is 34.4 Å². The number of nitrogens with zero attached hydrogens (tertiary/aromatic N) is 3. The third-order valence-corrected chi connectivity index (χ3v) is 5.54. The number of amides is 2. The molecule has 0 aliphatic carbocycles. The van der Waals surface area contributed by atoms with Gasteiger partial charge in [-0.25, -0.2) is 9.97 Å². The minimum absolute atomic E-state index is 0.222. The molecule has 0 radical (unpaired) electrons. The van der Waals surface area contributed by atoms with E-state index >= 15 is 0 Å². The highest BCUT2D eigenvalue weighted by molar-refractivity contribution is 6.05. The van der Waals surface area contributed by atoms with Crippen molar-refractivity contribution >= 4 is 46.2 Å². The lowest BCUT2D eigenvalue weighted by Crippen LogP contribution is -2.13. The summed E-state index contributed by atoms with van der Waals surface area (Å²) in [4.78, 5) is 35.4. The molecule has 1 heterocycles. The molecule has 0 bridgehead atoms. The monoisotopic (exact) mass is 521 g/mol. The predicted octanol–water partition coefficient (Wildman–Crippen LogP) is 5.58. The van der Waals surface area contributed by atoms with Crippen LogP contribution in [0.5, 0.6) is 0 Å². The third-order valence-electron chi connectivity index (χ3n) is 5.54. The Labute approximate surface area is 228 Å². The summed E-state index contributed by atoms with van der Waals surface area (Å²) < 4.78 is 0. The number of benzene rings is 3. The van der Waals surface area contributed by atoms with Crippen LogP contribution in [0, 0.1) is 6.92 Å². The highest BCUT2D eigenvalue weighted by atomic mass is 16.2. The molecule has 3 aromatic carbocycles. The van der Waals surface area contributed by atoms with E-state index in [9.17, 15) is 9.59 Å². The van der Waals surface area contributed by atoms with E-state index in [0.29, 0.717) is 35.1 Å².